The summed E-state index contributed by atoms with van der Waals surface area (Å²) >= 11 is 1.43. The lowest BCUT2D eigenvalue weighted by atomic mass is 10.0. The van der Waals surface area contributed by atoms with Crippen LogP contribution in [-0.2, 0) is 33.9 Å². The minimum absolute atomic E-state index is 0. The average Bonchev–Trinajstić information content (AvgIpc) is 3.13. The van der Waals surface area contributed by atoms with Gasteiger partial charge in [-0.15, -0.1) is 23.7 Å². The smallest absolute Gasteiger partial charge is 0.223 e. The van der Waals surface area contributed by atoms with E-state index in [1.807, 2.05) is 36.4 Å². The Morgan fingerprint density at radius 3 is 2.21 bits per heavy atom. The summed E-state index contributed by atoms with van der Waals surface area (Å²) in [5.74, 6) is -0.0924. The summed E-state index contributed by atoms with van der Waals surface area (Å²) in [7, 11) is -3.23. The molecule has 0 atom stereocenters. The SMILES string of the molecule is CCS(=O)(=O)c1ccc(Cc2sc(NC(C)=O)nc2CCc2ccc(N=C(N)N)cc2)cc1.Cl. The van der Waals surface area contributed by atoms with Crippen LogP contribution in [0.4, 0.5) is 10.8 Å². The van der Waals surface area contributed by atoms with Crippen LogP contribution in [0.3, 0.4) is 0 Å². The lowest BCUT2D eigenvalue weighted by Gasteiger charge is -2.06. The highest BCUT2D eigenvalue weighted by Crippen LogP contribution is 2.28. The summed E-state index contributed by atoms with van der Waals surface area (Å²) in [6.07, 6.45) is 2.05. The van der Waals surface area contributed by atoms with Crippen LogP contribution < -0.4 is 16.8 Å². The summed E-state index contributed by atoms with van der Waals surface area (Å²) in [4.78, 5) is 21.5. The number of aromatic nitrogens is 1. The lowest BCUT2D eigenvalue weighted by molar-refractivity contribution is -0.114. The third-order valence-corrected chi connectivity index (χ3v) is 7.70. The van der Waals surface area contributed by atoms with Gasteiger partial charge in [0.1, 0.15) is 0 Å². The van der Waals surface area contributed by atoms with E-state index < -0.39 is 9.84 Å². The largest absolute Gasteiger partial charge is 0.370 e. The fourth-order valence-electron chi connectivity index (χ4n) is 3.24. The normalized spacial score (nSPS) is 10.9. The number of benzene rings is 2. The maximum absolute atomic E-state index is 12.1. The number of nitrogens with two attached hydrogens (primary N) is 2. The number of guanidine groups is 1. The predicted octanol–water partition coefficient (Wildman–Crippen LogP) is 3.60. The molecule has 8 nitrogen and oxygen atoms in total. The molecule has 0 radical (unpaired) electrons. The van der Waals surface area contributed by atoms with E-state index in [0.29, 0.717) is 28.6 Å². The van der Waals surface area contributed by atoms with Gasteiger partial charge in [0, 0.05) is 18.2 Å². The number of thiazole rings is 1. The molecule has 0 saturated heterocycles. The van der Waals surface area contributed by atoms with Crippen molar-refractivity contribution in [2.24, 2.45) is 16.5 Å². The van der Waals surface area contributed by atoms with E-state index in [1.54, 1.807) is 19.1 Å². The molecule has 3 rings (SSSR count). The Bertz CT molecular complexity index is 1250. The number of rotatable bonds is 9. The molecule has 0 fully saturated rings. The van der Waals surface area contributed by atoms with Crippen molar-refractivity contribution in [3.63, 3.8) is 0 Å². The number of carbonyl (C=O) groups is 1. The van der Waals surface area contributed by atoms with Crippen molar-refractivity contribution < 1.29 is 13.2 Å². The number of amides is 1. The van der Waals surface area contributed by atoms with Crippen LogP contribution >= 0.6 is 23.7 Å². The molecule has 0 aliphatic carbocycles. The number of aryl methyl sites for hydroxylation is 2. The van der Waals surface area contributed by atoms with Gasteiger partial charge in [-0.2, -0.15) is 0 Å². The van der Waals surface area contributed by atoms with Gasteiger partial charge < -0.3 is 16.8 Å². The Hall–Kier alpha value is -2.95. The molecular weight excluding hydrogens is 494 g/mol. The fourth-order valence-corrected chi connectivity index (χ4v) is 5.21. The first-order valence-corrected chi connectivity index (χ1v) is 12.9. The summed E-state index contributed by atoms with van der Waals surface area (Å²) in [6.45, 7) is 3.08. The molecule has 0 aliphatic heterocycles. The zero-order chi connectivity index (χ0) is 24.0. The number of hydrogen-bond donors (Lipinski definition) is 3. The van der Waals surface area contributed by atoms with Gasteiger partial charge in [-0.25, -0.2) is 18.4 Å². The van der Waals surface area contributed by atoms with Gasteiger partial charge in [0.05, 0.1) is 22.0 Å². The van der Waals surface area contributed by atoms with Crippen molar-refractivity contribution in [3.05, 3.63) is 70.2 Å². The molecule has 0 bridgehead atoms. The fraction of sp³-hybridized carbons (Fsp3) is 0.261. The minimum atomic E-state index is -3.23. The molecule has 182 valence electrons. The number of nitrogens with zero attached hydrogens (tertiary/aromatic N) is 2. The van der Waals surface area contributed by atoms with Crippen LogP contribution in [0.15, 0.2) is 58.4 Å². The van der Waals surface area contributed by atoms with Crippen LogP contribution in [0, 0.1) is 0 Å². The van der Waals surface area contributed by atoms with Crippen LogP contribution in [0.25, 0.3) is 0 Å². The second-order valence-electron chi connectivity index (χ2n) is 7.50. The van der Waals surface area contributed by atoms with Crippen molar-refractivity contribution in [2.75, 3.05) is 11.1 Å². The van der Waals surface area contributed by atoms with Gasteiger partial charge in [0.15, 0.2) is 20.9 Å². The first-order chi connectivity index (χ1) is 15.7. The summed E-state index contributed by atoms with van der Waals surface area (Å²) < 4.78 is 24.1. The number of carbonyl (C=O) groups excluding carboxylic acids is 1. The summed E-state index contributed by atoms with van der Waals surface area (Å²) in [6, 6.07) is 14.6. The van der Waals surface area contributed by atoms with Gasteiger partial charge in [-0.05, 0) is 48.2 Å². The van der Waals surface area contributed by atoms with Gasteiger partial charge in [-0.1, -0.05) is 31.2 Å². The third-order valence-electron chi connectivity index (χ3n) is 4.93. The molecule has 5 N–H and O–H groups in total. The Kier molecular flexibility index (Phi) is 9.60. The first kappa shape index (κ1) is 27.3. The molecule has 1 heterocycles. The summed E-state index contributed by atoms with van der Waals surface area (Å²) in [5.41, 5.74) is 14.5. The molecule has 0 aliphatic rings. The number of nitrogens with one attached hydrogen (secondary N) is 1. The van der Waals surface area contributed by atoms with Crippen molar-refractivity contribution in [1.82, 2.24) is 4.98 Å². The van der Waals surface area contributed by atoms with E-state index in [4.69, 9.17) is 11.5 Å². The molecule has 1 aromatic heterocycles. The predicted molar refractivity (Wildman–Crippen MR) is 140 cm³/mol. The lowest BCUT2D eigenvalue weighted by Crippen LogP contribution is -2.21. The Balaban J connectivity index is 0.00000408. The molecule has 0 saturated carbocycles. The number of anilines is 1. The molecule has 3 aromatic rings. The number of halogens is 1. The van der Waals surface area contributed by atoms with Crippen LogP contribution in [-0.4, -0.2) is 31.0 Å². The third kappa shape index (κ3) is 7.54. The topological polar surface area (TPSA) is 141 Å². The van der Waals surface area contributed by atoms with Crippen molar-refractivity contribution in [2.45, 2.75) is 38.0 Å². The highest BCUT2D eigenvalue weighted by molar-refractivity contribution is 7.91. The van der Waals surface area contributed by atoms with E-state index in [9.17, 15) is 13.2 Å². The monoisotopic (exact) mass is 521 g/mol. The maximum atomic E-state index is 12.1. The highest BCUT2D eigenvalue weighted by atomic mass is 35.5. The standard InChI is InChI=1S/C23H27N5O3S2.ClH/c1-3-33(30,31)19-11-6-17(7-12-19)14-21-20(28-23(32-21)26-15(2)29)13-8-16-4-9-18(10-5-16)27-22(24)25;/h4-7,9-12H,3,8,13-14H2,1-2H3,(H4,24,25,27)(H,26,28,29);1H. The molecule has 0 spiro atoms. The van der Waals surface area contributed by atoms with Gasteiger partial charge in [-0.3, -0.25) is 4.79 Å². The van der Waals surface area contributed by atoms with E-state index in [1.165, 1.54) is 18.3 Å². The highest BCUT2D eigenvalue weighted by Gasteiger charge is 2.15. The molecule has 2 aromatic carbocycles. The molecular formula is C23H28ClN5O3S2. The van der Waals surface area contributed by atoms with Crippen molar-refractivity contribution in [1.29, 1.82) is 0 Å². The average molecular weight is 522 g/mol. The summed E-state index contributed by atoms with van der Waals surface area (Å²) in [5, 5.41) is 3.32. The second kappa shape index (κ2) is 12.0. The van der Waals surface area contributed by atoms with Crippen molar-refractivity contribution in [3.8, 4) is 0 Å². The van der Waals surface area contributed by atoms with Gasteiger partial charge in [0.2, 0.25) is 5.91 Å². The van der Waals surface area contributed by atoms with Gasteiger partial charge in [0.25, 0.3) is 0 Å². The molecule has 0 unspecified atom stereocenters. The Labute approximate surface area is 209 Å². The Morgan fingerprint density at radius 2 is 1.65 bits per heavy atom. The van der Waals surface area contributed by atoms with E-state index in [2.05, 4.69) is 15.3 Å². The first-order valence-electron chi connectivity index (χ1n) is 10.4. The van der Waals surface area contributed by atoms with Crippen LogP contribution in [0.2, 0.25) is 0 Å². The maximum Gasteiger partial charge on any atom is 0.223 e. The number of sulfone groups is 1. The van der Waals surface area contributed by atoms with Crippen LogP contribution in [0.5, 0.6) is 0 Å². The van der Waals surface area contributed by atoms with Gasteiger partial charge >= 0.3 is 0 Å². The van der Waals surface area contributed by atoms with E-state index in [-0.39, 0.29) is 30.0 Å². The van der Waals surface area contributed by atoms with Crippen LogP contribution in [0.1, 0.15) is 35.5 Å². The molecule has 11 heteroatoms. The minimum Gasteiger partial charge on any atom is -0.370 e. The zero-order valence-electron chi connectivity index (χ0n) is 18.9. The Morgan fingerprint density at radius 1 is 1.03 bits per heavy atom. The van der Waals surface area contributed by atoms with E-state index in [0.717, 1.165) is 28.1 Å². The molecule has 34 heavy (non-hydrogen) atoms. The molecule has 1 amide bonds. The second-order valence-corrected chi connectivity index (χ2v) is 10.9. The number of aliphatic imine (C=N–C) groups is 1. The van der Waals surface area contributed by atoms with E-state index >= 15 is 0 Å². The zero-order valence-corrected chi connectivity index (χ0v) is 21.4. The van der Waals surface area contributed by atoms with Crippen molar-refractivity contribution >= 4 is 56.3 Å². The number of hydrogen-bond acceptors (Lipinski definition) is 6. The quantitative estimate of drug-likeness (QED) is 0.290.